The topological polar surface area (TPSA) is 61.4 Å². The molecule has 1 aromatic heterocycles. The highest BCUT2D eigenvalue weighted by Gasteiger charge is 2.21. The molecule has 1 amide bonds. The summed E-state index contributed by atoms with van der Waals surface area (Å²) in [5, 5.41) is 4.10. The van der Waals surface area contributed by atoms with E-state index in [-0.39, 0.29) is 12.5 Å². The molecule has 0 atom stereocenters. The molecule has 0 radical (unpaired) electrons. The van der Waals surface area contributed by atoms with Crippen molar-refractivity contribution in [1.29, 1.82) is 0 Å². The second-order valence-corrected chi connectivity index (χ2v) is 6.30. The number of nitrogens with one attached hydrogen (secondary N) is 1. The number of hydrogen-bond donors (Lipinski definition) is 1. The third-order valence-corrected chi connectivity index (χ3v) is 4.70. The van der Waals surface area contributed by atoms with Crippen LogP contribution in [-0.4, -0.2) is 53.5 Å². The number of aromatic nitrogens is 2. The highest BCUT2D eigenvalue weighted by Crippen LogP contribution is 2.18. The van der Waals surface area contributed by atoms with E-state index in [4.69, 9.17) is 0 Å². The molecule has 1 N–H and O–H groups in total. The van der Waals surface area contributed by atoms with E-state index in [9.17, 15) is 4.79 Å². The van der Waals surface area contributed by atoms with Crippen LogP contribution >= 0.6 is 0 Å². The fourth-order valence-corrected chi connectivity index (χ4v) is 3.27. The fourth-order valence-electron chi connectivity index (χ4n) is 3.27. The van der Waals surface area contributed by atoms with Gasteiger partial charge in [0.05, 0.1) is 12.1 Å². The number of anilines is 2. The molecule has 0 unspecified atom stereocenters. The predicted molar refractivity (Wildman–Crippen MR) is 103 cm³/mol. The molecule has 2 aromatic carbocycles. The first-order valence-electron chi connectivity index (χ1n) is 8.83. The highest BCUT2D eigenvalue weighted by molar-refractivity contribution is 5.90. The lowest BCUT2D eigenvalue weighted by molar-refractivity contribution is -0.129. The van der Waals surface area contributed by atoms with E-state index < -0.39 is 0 Å². The molecule has 4 rings (SSSR count). The maximum Gasteiger partial charge on any atom is 0.242 e. The predicted octanol–water partition coefficient (Wildman–Crippen LogP) is 2.39. The smallest absolute Gasteiger partial charge is 0.242 e. The van der Waals surface area contributed by atoms with Gasteiger partial charge in [0, 0.05) is 37.3 Å². The number of para-hydroxylation sites is 2. The Morgan fingerprint density at radius 3 is 2.46 bits per heavy atom. The molecule has 0 spiro atoms. The maximum absolute atomic E-state index is 12.6. The minimum atomic E-state index is 0.0976. The molecule has 0 aliphatic carbocycles. The number of carbonyl (C=O) groups excluding carboxylic acids is 1. The first kappa shape index (κ1) is 16.3. The Hall–Kier alpha value is -3.15. The van der Waals surface area contributed by atoms with Crippen molar-refractivity contribution >= 4 is 28.3 Å². The van der Waals surface area contributed by atoms with Crippen LogP contribution < -0.4 is 10.2 Å². The number of rotatable bonds is 4. The summed E-state index contributed by atoms with van der Waals surface area (Å²) in [7, 11) is 0. The third kappa shape index (κ3) is 3.44. The zero-order chi connectivity index (χ0) is 17.8. The Bertz CT molecular complexity index is 886. The number of carbonyl (C=O) groups is 1. The summed E-state index contributed by atoms with van der Waals surface area (Å²) < 4.78 is 0. The van der Waals surface area contributed by atoms with E-state index in [1.807, 2.05) is 47.4 Å². The van der Waals surface area contributed by atoms with Crippen LogP contribution in [-0.2, 0) is 4.79 Å². The van der Waals surface area contributed by atoms with E-state index in [0.717, 1.165) is 37.1 Å². The van der Waals surface area contributed by atoms with Crippen LogP contribution in [0.3, 0.4) is 0 Å². The average Bonchev–Trinajstić information content (AvgIpc) is 2.73. The largest absolute Gasteiger partial charge is 0.368 e. The second kappa shape index (κ2) is 7.39. The van der Waals surface area contributed by atoms with Crippen LogP contribution in [0, 0.1) is 0 Å². The van der Waals surface area contributed by atoms with Gasteiger partial charge in [-0.1, -0.05) is 30.3 Å². The molecule has 1 fully saturated rings. The zero-order valence-corrected chi connectivity index (χ0v) is 14.5. The Morgan fingerprint density at radius 1 is 0.923 bits per heavy atom. The van der Waals surface area contributed by atoms with Crippen molar-refractivity contribution in [2.45, 2.75) is 0 Å². The summed E-state index contributed by atoms with van der Waals surface area (Å²) >= 11 is 0. The molecule has 3 aromatic rings. The molecule has 0 bridgehead atoms. The van der Waals surface area contributed by atoms with Crippen LogP contribution in [0.25, 0.3) is 10.9 Å². The summed E-state index contributed by atoms with van der Waals surface area (Å²) in [5.74, 6) is 0.798. The van der Waals surface area contributed by atoms with Gasteiger partial charge >= 0.3 is 0 Å². The first-order valence-corrected chi connectivity index (χ1v) is 8.83. The number of amides is 1. The van der Waals surface area contributed by atoms with E-state index in [1.54, 1.807) is 0 Å². The molecule has 6 heteroatoms. The van der Waals surface area contributed by atoms with Gasteiger partial charge in [-0.3, -0.25) is 4.79 Å². The fraction of sp³-hybridized carbons (Fsp3) is 0.250. The van der Waals surface area contributed by atoms with Gasteiger partial charge in [0.1, 0.15) is 12.1 Å². The van der Waals surface area contributed by atoms with Crippen molar-refractivity contribution in [3.05, 3.63) is 60.9 Å². The zero-order valence-electron chi connectivity index (χ0n) is 14.5. The van der Waals surface area contributed by atoms with Gasteiger partial charge in [-0.15, -0.1) is 0 Å². The number of fused-ring (bicyclic) bond motifs is 1. The molecule has 132 valence electrons. The number of piperazine rings is 1. The normalized spacial score (nSPS) is 14.5. The van der Waals surface area contributed by atoms with Crippen molar-refractivity contribution in [2.24, 2.45) is 0 Å². The molecule has 0 saturated carbocycles. The van der Waals surface area contributed by atoms with Crippen molar-refractivity contribution in [1.82, 2.24) is 14.9 Å². The summed E-state index contributed by atoms with van der Waals surface area (Å²) in [4.78, 5) is 25.3. The van der Waals surface area contributed by atoms with Gasteiger partial charge in [0.25, 0.3) is 0 Å². The standard InChI is InChI=1S/C20H21N5O/c26-19(14-21-20-17-8-4-5-9-18(17)22-15-23-20)25-12-10-24(11-13-25)16-6-2-1-3-7-16/h1-9,15H,10-14H2,(H,21,22,23). The van der Waals surface area contributed by atoms with E-state index in [0.29, 0.717) is 5.82 Å². The molecule has 26 heavy (non-hydrogen) atoms. The summed E-state index contributed by atoms with van der Waals surface area (Å²) in [6.45, 7) is 3.42. The number of hydrogen-bond acceptors (Lipinski definition) is 5. The van der Waals surface area contributed by atoms with Crippen LogP contribution in [0.2, 0.25) is 0 Å². The van der Waals surface area contributed by atoms with Gasteiger partial charge < -0.3 is 15.1 Å². The van der Waals surface area contributed by atoms with Gasteiger partial charge in [-0.25, -0.2) is 9.97 Å². The van der Waals surface area contributed by atoms with Crippen LogP contribution in [0.15, 0.2) is 60.9 Å². The Morgan fingerprint density at radius 2 is 1.65 bits per heavy atom. The average molecular weight is 347 g/mol. The quantitative estimate of drug-likeness (QED) is 0.785. The Kier molecular flexibility index (Phi) is 4.64. The minimum absolute atomic E-state index is 0.0976. The molecule has 6 nitrogen and oxygen atoms in total. The van der Waals surface area contributed by atoms with E-state index in [1.165, 1.54) is 12.0 Å². The summed E-state index contributed by atoms with van der Waals surface area (Å²) in [5.41, 5.74) is 2.08. The molecule has 2 heterocycles. The Labute approximate surface area is 152 Å². The Balaban J connectivity index is 1.34. The third-order valence-electron chi connectivity index (χ3n) is 4.70. The van der Waals surface area contributed by atoms with Crippen LogP contribution in [0.5, 0.6) is 0 Å². The van der Waals surface area contributed by atoms with E-state index in [2.05, 4.69) is 32.3 Å². The highest BCUT2D eigenvalue weighted by atomic mass is 16.2. The van der Waals surface area contributed by atoms with Crippen molar-refractivity contribution in [3.8, 4) is 0 Å². The van der Waals surface area contributed by atoms with Gasteiger partial charge in [-0.2, -0.15) is 0 Å². The molecular weight excluding hydrogens is 326 g/mol. The van der Waals surface area contributed by atoms with Gasteiger partial charge in [0.15, 0.2) is 0 Å². The van der Waals surface area contributed by atoms with Gasteiger partial charge in [0.2, 0.25) is 5.91 Å². The lowest BCUT2D eigenvalue weighted by atomic mass is 10.2. The summed E-state index contributed by atoms with van der Waals surface area (Å²) in [6, 6.07) is 18.1. The van der Waals surface area contributed by atoms with E-state index >= 15 is 0 Å². The summed E-state index contributed by atoms with van der Waals surface area (Å²) in [6.07, 6.45) is 1.52. The van der Waals surface area contributed by atoms with Crippen LogP contribution in [0.4, 0.5) is 11.5 Å². The molecule has 1 aliphatic rings. The minimum Gasteiger partial charge on any atom is -0.368 e. The number of benzene rings is 2. The SMILES string of the molecule is O=C(CNc1ncnc2ccccc12)N1CCN(c2ccccc2)CC1. The van der Waals surface area contributed by atoms with Crippen molar-refractivity contribution in [2.75, 3.05) is 42.9 Å². The number of nitrogens with zero attached hydrogens (tertiary/aromatic N) is 4. The van der Waals surface area contributed by atoms with Crippen molar-refractivity contribution in [3.63, 3.8) is 0 Å². The van der Waals surface area contributed by atoms with Crippen molar-refractivity contribution < 1.29 is 4.79 Å². The maximum atomic E-state index is 12.6. The monoisotopic (exact) mass is 347 g/mol. The van der Waals surface area contributed by atoms with Gasteiger partial charge in [-0.05, 0) is 24.3 Å². The lowest BCUT2D eigenvalue weighted by Gasteiger charge is -2.36. The second-order valence-electron chi connectivity index (χ2n) is 6.30. The first-order chi connectivity index (χ1) is 12.8. The molecular formula is C20H21N5O. The molecule has 1 aliphatic heterocycles. The lowest BCUT2D eigenvalue weighted by Crippen LogP contribution is -2.50. The molecule has 1 saturated heterocycles. The van der Waals surface area contributed by atoms with Crippen LogP contribution in [0.1, 0.15) is 0 Å².